The number of benzene rings is 1. The van der Waals surface area contributed by atoms with Crippen LogP contribution in [0.2, 0.25) is 0 Å². The minimum Gasteiger partial charge on any atom is -0.358 e. The van der Waals surface area contributed by atoms with Crippen LogP contribution in [-0.2, 0) is 10.5 Å². The van der Waals surface area contributed by atoms with E-state index >= 15 is 0 Å². The predicted octanol–water partition coefficient (Wildman–Crippen LogP) is 3.57. The van der Waals surface area contributed by atoms with Crippen molar-refractivity contribution in [3.05, 3.63) is 48.3 Å². The molecule has 0 spiro atoms. The lowest BCUT2D eigenvalue weighted by Crippen LogP contribution is -2.06. The number of aromatic nitrogens is 4. The number of rotatable bonds is 4. The van der Waals surface area contributed by atoms with Crippen molar-refractivity contribution < 1.29 is 9.13 Å². The lowest BCUT2D eigenvalue weighted by molar-refractivity contribution is 0.0593. The van der Waals surface area contributed by atoms with Crippen LogP contribution in [0.3, 0.4) is 0 Å². The molecule has 118 valence electrons. The van der Waals surface area contributed by atoms with E-state index in [2.05, 4.69) is 15.0 Å². The Morgan fingerprint density at radius 3 is 2.87 bits per heavy atom. The van der Waals surface area contributed by atoms with Gasteiger partial charge in [0.15, 0.2) is 5.65 Å². The van der Waals surface area contributed by atoms with Gasteiger partial charge in [0, 0.05) is 12.4 Å². The van der Waals surface area contributed by atoms with Crippen molar-refractivity contribution in [1.82, 2.24) is 19.5 Å². The topological polar surface area (TPSA) is 52.8 Å². The first-order valence-corrected chi connectivity index (χ1v) is 8.46. The molecular formula is C16H15FN4OS. The predicted molar refractivity (Wildman–Crippen MR) is 85.5 cm³/mol. The lowest BCUT2D eigenvalue weighted by atomic mass is 10.2. The van der Waals surface area contributed by atoms with Gasteiger partial charge in [-0.1, -0.05) is 23.9 Å². The molecule has 7 heteroatoms. The van der Waals surface area contributed by atoms with Gasteiger partial charge in [-0.05, 0) is 30.5 Å². The molecule has 23 heavy (non-hydrogen) atoms. The van der Waals surface area contributed by atoms with Gasteiger partial charge < -0.3 is 4.74 Å². The molecule has 3 aromatic rings. The summed E-state index contributed by atoms with van der Waals surface area (Å²) < 4.78 is 20.6. The molecule has 0 unspecified atom stereocenters. The molecule has 1 atom stereocenters. The first-order chi connectivity index (χ1) is 11.3. The zero-order chi connectivity index (χ0) is 15.6. The van der Waals surface area contributed by atoms with Crippen LogP contribution < -0.4 is 0 Å². The number of fused-ring (bicyclic) bond motifs is 1. The van der Waals surface area contributed by atoms with Crippen molar-refractivity contribution in [2.45, 2.75) is 29.8 Å². The molecule has 0 bridgehead atoms. The molecule has 2 aromatic heterocycles. The number of ether oxygens (including phenoxy) is 1. The molecule has 3 heterocycles. The number of nitrogens with zero attached hydrogens (tertiary/aromatic N) is 4. The van der Waals surface area contributed by atoms with Gasteiger partial charge >= 0.3 is 0 Å². The molecule has 5 nitrogen and oxygen atoms in total. The Morgan fingerprint density at radius 1 is 1.22 bits per heavy atom. The van der Waals surface area contributed by atoms with Gasteiger partial charge in [-0.2, -0.15) is 0 Å². The minimum absolute atomic E-state index is 0.0184. The Balaban J connectivity index is 1.58. The van der Waals surface area contributed by atoms with E-state index in [-0.39, 0.29) is 12.0 Å². The molecule has 1 aromatic carbocycles. The highest BCUT2D eigenvalue weighted by atomic mass is 32.2. The molecule has 0 aliphatic carbocycles. The van der Waals surface area contributed by atoms with Crippen LogP contribution in [0.5, 0.6) is 0 Å². The van der Waals surface area contributed by atoms with E-state index in [1.54, 1.807) is 36.5 Å². The van der Waals surface area contributed by atoms with Gasteiger partial charge in [-0.3, -0.25) is 4.57 Å². The molecule has 0 amide bonds. The second-order valence-electron chi connectivity index (χ2n) is 5.39. The van der Waals surface area contributed by atoms with E-state index in [9.17, 15) is 4.39 Å². The van der Waals surface area contributed by atoms with Crippen LogP contribution in [0, 0.1) is 5.82 Å². The number of thioether (sulfide) groups is 1. The van der Waals surface area contributed by atoms with Crippen LogP contribution in [0.4, 0.5) is 4.39 Å². The van der Waals surface area contributed by atoms with Crippen LogP contribution in [0.25, 0.3) is 11.2 Å². The molecule has 0 saturated carbocycles. The average Bonchev–Trinajstić information content (AvgIpc) is 3.23. The van der Waals surface area contributed by atoms with E-state index < -0.39 is 0 Å². The zero-order valence-corrected chi connectivity index (χ0v) is 13.2. The summed E-state index contributed by atoms with van der Waals surface area (Å²) in [6, 6.07) is 6.51. The average molecular weight is 330 g/mol. The van der Waals surface area contributed by atoms with Gasteiger partial charge in [0.1, 0.15) is 28.9 Å². The van der Waals surface area contributed by atoms with Crippen LogP contribution in [0.1, 0.15) is 24.6 Å². The molecule has 4 rings (SSSR count). The largest absolute Gasteiger partial charge is 0.358 e. The smallest absolute Gasteiger partial charge is 0.166 e. The van der Waals surface area contributed by atoms with Crippen molar-refractivity contribution in [3.63, 3.8) is 0 Å². The third kappa shape index (κ3) is 2.94. The quantitative estimate of drug-likeness (QED) is 0.541. The standard InChI is InChI=1S/C16H15FN4OS/c17-12-5-3-11(4-6-12)8-23-16-14-15(18-9-19-16)21(10-20-14)13-2-1-7-22-13/h3-6,9-10,13H,1-2,7-8H2/t13-/m0/s1. The third-order valence-corrected chi connectivity index (χ3v) is 4.88. The second kappa shape index (κ2) is 6.25. The monoisotopic (exact) mass is 330 g/mol. The van der Waals surface area contributed by atoms with Crippen molar-refractivity contribution >= 4 is 22.9 Å². The fourth-order valence-electron chi connectivity index (χ4n) is 2.66. The summed E-state index contributed by atoms with van der Waals surface area (Å²) >= 11 is 1.57. The van der Waals surface area contributed by atoms with Crippen molar-refractivity contribution in [1.29, 1.82) is 0 Å². The summed E-state index contributed by atoms with van der Waals surface area (Å²) in [7, 11) is 0. The summed E-state index contributed by atoms with van der Waals surface area (Å²) in [5.41, 5.74) is 2.63. The van der Waals surface area contributed by atoms with Crippen molar-refractivity contribution in [2.24, 2.45) is 0 Å². The normalized spacial score (nSPS) is 17.9. The van der Waals surface area contributed by atoms with Crippen molar-refractivity contribution in [3.8, 4) is 0 Å². The first kappa shape index (κ1) is 14.6. The van der Waals surface area contributed by atoms with Gasteiger partial charge in [-0.25, -0.2) is 19.3 Å². The van der Waals surface area contributed by atoms with Gasteiger partial charge in [0.25, 0.3) is 0 Å². The first-order valence-electron chi connectivity index (χ1n) is 7.47. The Kier molecular flexibility index (Phi) is 3.97. The zero-order valence-electron chi connectivity index (χ0n) is 12.4. The highest BCUT2D eigenvalue weighted by Crippen LogP contribution is 2.30. The van der Waals surface area contributed by atoms with Crippen LogP contribution >= 0.6 is 11.8 Å². The van der Waals surface area contributed by atoms with Crippen molar-refractivity contribution in [2.75, 3.05) is 6.61 Å². The van der Waals surface area contributed by atoms with Gasteiger partial charge in [-0.15, -0.1) is 0 Å². The van der Waals surface area contributed by atoms with E-state index in [1.165, 1.54) is 12.1 Å². The molecule has 1 saturated heterocycles. The lowest BCUT2D eigenvalue weighted by Gasteiger charge is -2.11. The fraction of sp³-hybridized carbons (Fsp3) is 0.312. The van der Waals surface area contributed by atoms with E-state index in [0.717, 1.165) is 41.2 Å². The summed E-state index contributed by atoms with van der Waals surface area (Å²) in [5.74, 6) is 0.484. The number of imidazole rings is 1. The Bertz CT molecular complexity index is 815. The molecule has 1 aliphatic heterocycles. The van der Waals surface area contributed by atoms with E-state index in [1.807, 2.05) is 4.57 Å². The summed E-state index contributed by atoms with van der Waals surface area (Å²) in [6.07, 6.45) is 5.39. The summed E-state index contributed by atoms with van der Waals surface area (Å²) in [6.45, 7) is 0.779. The number of halogens is 1. The highest BCUT2D eigenvalue weighted by Gasteiger charge is 2.21. The SMILES string of the molecule is Fc1ccc(CSc2ncnc3c2ncn3[C@@H]2CCCO2)cc1. The number of hydrogen-bond acceptors (Lipinski definition) is 5. The molecule has 1 aliphatic rings. The third-order valence-electron chi connectivity index (χ3n) is 3.83. The second-order valence-corrected chi connectivity index (χ2v) is 6.35. The maximum absolute atomic E-state index is 13.0. The Labute approximate surface area is 136 Å². The fourth-order valence-corrected chi connectivity index (χ4v) is 3.56. The molecule has 0 N–H and O–H groups in total. The molecular weight excluding hydrogens is 315 g/mol. The minimum atomic E-state index is -0.224. The summed E-state index contributed by atoms with van der Waals surface area (Å²) in [4.78, 5) is 13.2. The maximum Gasteiger partial charge on any atom is 0.166 e. The highest BCUT2D eigenvalue weighted by molar-refractivity contribution is 7.98. The van der Waals surface area contributed by atoms with Crippen LogP contribution in [0.15, 0.2) is 41.9 Å². The Morgan fingerprint density at radius 2 is 2.09 bits per heavy atom. The van der Waals surface area contributed by atoms with E-state index in [4.69, 9.17) is 4.74 Å². The molecule has 0 radical (unpaired) electrons. The van der Waals surface area contributed by atoms with Gasteiger partial charge in [0.2, 0.25) is 0 Å². The maximum atomic E-state index is 13.0. The van der Waals surface area contributed by atoms with Crippen LogP contribution in [-0.4, -0.2) is 26.1 Å². The van der Waals surface area contributed by atoms with Gasteiger partial charge in [0.05, 0.1) is 6.33 Å². The van der Waals surface area contributed by atoms with E-state index in [0.29, 0.717) is 5.75 Å². The number of hydrogen-bond donors (Lipinski definition) is 0. The summed E-state index contributed by atoms with van der Waals surface area (Å²) in [5, 5.41) is 0.830. The molecule has 1 fully saturated rings. The Hall–Kier alpha value is -1.99.